The van der Waals surface area contributed by atoms with Crippen LogP contribution in [-0.4, -0.2) is 12.5 Å². The quantitative estimate of drug-likeness (QED) is 0.589. The standard InChI is InChI=1S/C15H22ClN3O/c1-15(7-3-2-4-8-15)10-18-14(20)12-9-11(16)5-6-13(12)19-17/h5-6,9,19H,2-4,7-8,10,17H2,1H3,(H,18,20). The Kier molecular flexibility index (Phi) is 4.89. The number of amides is 1. The van der Waals surface area contributed by atoms with Crippen molar-refractivity contribution in [2.45, 2.75) is 39.0 Å². The zero-order chi connectivity index (χ0) is 14.6. The van der Waals surface area contributed by atoms with E-state index < -0.39 is 0 Å². The van der Waals surface area contributed by atoms with Crippen molar-refractivity contribution < 1.29 is 4.79 Å². The second-order valence-electron chi connectivity index (χ2n) is 5.89. The minimum atomic E-state index is -0.132. The maximum Gasteiger partial charge on any atom is 0.253 e. The summed E-state index contributed by atoms with van der Waals surface area (Å²) >= 11 is 5.95. The van der Waals surface area contributed by atoms with Gasteiger partial charge in [-0.2, -0.15) is 0 Å². The Morgan fingerprint density at radius 1 is 1.35 bits per heavy atom. The van der Waals surface area contributed by atoms with Gasteiger partial charge in [-0.25, -0.2) is 0 Å². The molecule has 1 fully saturated rings. The van der Waals surface area contributed by atoms with Gasteiger partial charge in [0.2, 0.25) is 0 Å². The average Bonchev–Trinajstić information content (AvgIpc) is 2.45. The topological polar surface area (TPSA) is 67.2 Å². The number of benzene rings is 1. The summed E-state index contributed by atoms with van der Waals surface area (Å²) in [5.74, 6) is 5.30. The molecule has 0 bridgehead atoms. The van der Waals surface area contributed by atoms with Crippen LogP contribution in [0.4, 0.5) is 5.69 Å². The molecule has 1 aromatic rings. The molecule has 0 heterocycles. The van der Waals surface area contributed by atoms with Gasteiger partial charge in [0, 0.05) is 11.6 Å². The van der Waals surface area contributed by atoms with Gasteiger partial charge in [0.25, 0.3) is 5.91 Å². The summed E-state index contributed by atoms with van der Waals surface area (Å²) in [5, 5.41) is 3.54. The van der Waals surface area contributed by atoms with E-state index in [-0.39, 0.29) is 11.3 Å². The van der Waals surface area contributed by atoms with Gasteiger partial charge in [-0.1, -0.05) is 37.8 Å². The zero-order valence-corrected chi connectivity index (χ0v) is 12.6. The van der Waals surface area contributed by atoms with E-state index in [4.69, 9.17) is 17.4 Å². The highest BCUT2D eigenvalue weighted by molar-refractivity contribution is 6.31. The van der Waals surface area contributed by atoms with Crippen molar-refractivity contribution in [2.24, 2.45) is 11.3 Å². The van der Waals surface area contributed by atoms with Crippen LogP contribution in [-0.2, 0) is 0 Å². The molecule has 4 nitrogen and oxygen atoms in total. The summed E-state index contributed by atoms with van der Waals surface area (Å²) < 4.78 is 0. The number of nitrogen functional groups attached to an aromatic ring is 1. The van der Waals surface area contributed by atoms with Crippen molar-refractivity contribution in [3.8, 4) is 0 Å². The lowest BCUT2D eigenvalue weighted by Crippen LogP contribution is -2.37. The van der Waals surface area contributed by atoms with Crippen molar-refractivity contribution in [2.75, 3.05) is 12.0 Å². The molecule has 1 saturated carbocycles. The molecule has 0 aliphatic heterocycles. The third kappa shape index (κ3) is 3.64. The Labute approximate surface area is 125 Å². The second kappa shape index (κ2) is 6.46. The number of hydrogen-bond donors (Lipinski definition) is 3. The van der Waals surface area contributed by atoms with Crippen LogP contribution < -0.4 is 16.6 Å². The lowest BCUT2D eigenvalue weighted by molar-refractivity contribution is 0.0920. The monoisotopic (exact) mass is 295 g/mol. The van der Waals surface area contributed by atoms with E-state index in [0.29, 0.717) is 22.8 Å². The minimum absolute atomic E-state index is 0.132. The van der Waals surface area contributed by atoms with E-state index in [1.165, 1.54) is 32.1 Å². The lowest BCUT2D eigenvalue weighted by atomic mass is 9.76. The maximum absolute atomic E-state index is 12.3. The molecule has 0 unspecified atom stereocenters. The Morgan fingerprint density at radius 3 is 2.70 bits per heavy atom. The summed E-state index contributed by atoms with van der Waals surface area (Å²) in [7, 11) is 0. The number of anilines is 1. The van der Waals surface area contributed by atoms with Crippen molar-refractivity contribution in [3.05, 3.63) is 28.8 Å². The Bertz CT molecular complexity index is 484. The predicted molar refractivity (Wildman–Crippen MR) is 82.8 cm³/mol. The van der Waals surface area contributed by atoms with Gasteiger partial charge in [-0.3, -0.25) is 10.6 Å². The van der Waals surface area contributed by atoms with Gasteiger partial charge in [-0.15, -0.1) is 0 Å². The van der Waals surface area contributed by atoms with Crippen LogP contribution in [0.2, 0.25) is 5.02 Å². The summed E-state index contributed by atoms with van der Waals surface area (Å²) in [6.07, 6.45) is 6.15. The van der Waals surface area contributed by atoms with E-state index in [1.807, 2.05) is 0 Å². The fourth-order valence-corrected chi connectivity index (χ4v) is 2.97. The molecule has 20 heavy (non-hydrogen) atoms. The molecule has 0 aromatic heterocycles. The van der Waals surface area contributed by atoms with Crippen molar-refractivity contribution in [1.29, 1.82) is 0 Å². The maximum atomic E-state index is 12.3. The highest BCUT2D eigenvalue weighted by Crippen LogP contribution is 2.35. The van der Waals surface area contributed by atoms with E-state index in [2.05, 4.69) is 17.7 Å². The average molecular weight is 296 g/mol. The van der Waals surface area contributed by atoms with Crippen LogP contribution in [0.15, 0.2) is 18.2 Å². The van der Waals surface area contributed by atoms with E-state index >= 15 is 0 Å². The third-order valence-corrected chi connectivity index (χ3v) is 4.35. The summed E-state index contributed by atoms with van der Waals surface area (Å²) in [6, 6.07) is 5.05. The number of hydrogen-bond acceptors (Lipinski definition) is 3. The molecule has 0 atom stereocenters. The van der Waals surface area contributed by atoms with Crippen LogP contribution in [0.1, 0.15) is 49.4 Å². The van der Waals surface area contributed by atoms with Crippen LogP contribution in [0.5, 0.6) is 0 Å². The number of halogens is 1. The van der Waals surface area contributed by atoms with Gasteiger partial charge < -0.3 is 10.7 Å². The first kappa shape index (κ1) is 15.1. The van der Waals surface area contributed by atoms with E-state index in [1.54, 1.807) is 18.2 Å². The fraction of sp³-hybridized carbons (Fsp3) is 0.533. The fourth-order valence-electron chi connectivity index (χ4n) is 2.80. The lowest BCUT2D eigenvalue weighted by Gasteiger charge is -2.33. The molecular weight excluding hydrogens is 274 g/mol. The van der Waals surface area contributed by atoms with Crippen LogP contribution >= 0.6 is 11.6 Å². The molecule has 110 valence electrons. The van der Waals surface area contributed by atoms with Gasteiger partial charge in [-0.05, 0) is 36.5 Å². The van der Waals surface area contributed by atoms with Crippen LogP contribution in [0, 0.1) is 5.41 Å². The molecular formula is C15H22ClN3O. The first-order chi connectivity index (χ1) is 9.54. The minimum Gasteiger partial charge on any atom is -0.351 e. The normalized spacial score (nSPS) is 17.6. The number of carbonyl (C=O) groups is 1. The highest BCUT2D eigenvalue weighted by atomic mass is 35.5. The van der Waals surface area contributed by atoms with Crippen LogP contribution in [0.25, 0.3) is 0 Å². The van der Waals surface area contributed by atoms with E-state index in [9.17, 15) is 4.79 Å². The smallest absolute Gasteiger partial charge is 0.253 e. The molecule has 2 rings (SSSR count). The van der Waals surface area contributed by atoms with Gasteiger partial charge in [0.15, 0.2) is 0 Å². The Hall–Kier alpha value is -1.26. The van der Waals surface area contributed by atoms with Gasteiger partial charge >= 0.3 is 0 Å². The Morgan fingerprint density at radius 2 is 2.05 bits per heavy atom. The van der Waals surface area contributed by atoms with E-state index in [0.717, 1.165) is 0 Å². The number of hydrazine groups is 1. The van der Waals surface area contributed by atoms with Crippen molar-refractivity contribution >= 4 is 23.2 Å². The SMILES string of the molecule is CC1(CNC(=O)c2cc(Cl)ccc2NN)CCCCC1. The molecule has 4 N–H and O–H groups in total. The predicted octanol–water partition coefficient (Wildman–Crippen LogP) is 3.33. The first-order valence-electron chi connectivity index (χ1n) is 7.08. The first-order valence-corrected chi connectivity index (χ1v) is 7.46. The number of nitrogens with two attached hydrogens (primary N) is 1. The summed E-state index contributed by atoms with van der Waals surface area (Å²) in [4.78, 5) is 12.3. The number of nitrogens with one attached hydrogen (secondary N) is 2. The molecule has 0 saturated heterocycles. The van der Waals surface area contributed by atoms with Gasteiger partial charge in [0.1, 0.15) is 0 Å². The van der Waals surface area contributed by atoms with Crippen LogP contribution in [0.3, 0.4) is 0 Å². The molecule has 1 aliphatic rings. The number of carbonyl (C=O) groups excluding carboxylic acids is 1. The molecule has 0 spiro atoms. The zero-order valence-electron chi connectivity index (χ0n) is 11.8. The highest BCUT2D eigenvalue weighted by Gasteiger charge is 2.27. The van der Waals surface area contributed by atoms with Crippen molar-refractivity contribution in [1.82, 2.24) is 5.32 Å². The third-order valence-electron chi connectivity index (χ3n) is 4.12. The van der Waals surface area contributed by atoms with Crippen molar-refractivity contribution in [3.63, 3.8) is 0 Å². The summed E-state index contributed by atoms with van der Waals surface area (Å²) in [5.41, 5.74) is 3.81. The second-order valence-corrected chi connectivity index (χ2v) is 6.32. The van der Waals surface area contributed by atoms with Gasteiger partial charge in [0.05, 0.1) is 11.3 Å². The molecule has 1 aliphatic carbocycles. The molecule has 1 aromatic carbocycles. The Balaban J connectivity index is 2.03. The largest absolute Gasteiger partial charge is 0.351 e. The summed E-state index contributed by atoms with van der Waals surface area (Å²) in [6.45, 7) is 2.94. The molecule has 0 radical (unpaired) electrons. The molecule has 5 heteroatoms. The molecule has 1 amide bonds. The number of rotatable bonds is 4.